The molecule has 1 aromatic carbocycles. The average Bonchev–Trinajstić information content (AvgIpc) is 3.37. The van der Waals surface area contributed by atoms with E-state index in [4.69, 9.17) is 9.72 Å². The number of hydrogen-bond acceptors (Lipinski definition) is 5. The maximum absolute atomic E-state index is 12.9. The number of nitrogens with one attached hydrogen (secondary N) is 1. The predicted octanol–water partition coefficient (Wildman–Crippen LogP) is 3.27. The van der Waals surface area contributed by atoms with Gasteiger partial charge in [-0.3, -0.25) is 9.36 Å². The van der Waals surface area contributed by atoms with E-state index in [0.29, 0.717) is 29.6 Å². The van der Waals surface area contributed by atoms with Crippen LogP contribution in [0.3, 0.4) is 0 Å². The van der Waals surface area contributed by atoms with E-state index in [1.807, 2.05) is 16.8 Å². The van der Waals surface area contributed by atoms with Crippen molar-refractivity contribution in [2.45, 2.75) is 50.7 Å². The SMILES string of the molecule is COc1ccc(C2CCn3c(nc4c(cnn4C4CCCC4)c3=O)N2)cc1. The molecule has 140 valence electrons. The molecule has 2 aromatic heterocycles. The van der Waals surface area contributed by atoms with Gasteiger partial charge in [0.25, 0.3) is 5.56 Å². The minimum absolute atomic E-state index is 0.0000668. The van der Waals surface area contributed by atoms with Crippen LogP contribution in [-0.4, -0.2) is 26.4 Å². The first-order chi connectivity index (χ1) is 13.2. The van der Waals surface area contributed by atoms with Gasteiger partial charge in [-0.1, -0.05) is 25.0 Å². The number of benzene rings is 1. The lowest BCUT2D eigenvalue weighted by molar-refractivity contribution is 0.414. The lowest BCUT2D eigenvalue weighted by Gasteiger charge is -2.27. The summed E-state index contributed by atoms with van der Waals surface area (Å²) < 4.78 is 8.94. The molecule has 0 radical (unpaired) electrons. The Bertz CT molecular complexity index is 1030. The molecule has 1 aliphatic carbocycles. The second-order valence-corrected chi connectivity index (χ2v) is 7.42. The summed E-state index contributed by atoms with van der Waals surface area (Å²) in [7, 11) is 1.67. The zero-order chi connectivity index (χ0) is 18.4. The fourth-order valence-corrected chi connectivity index (χ4v) is 4.33. The number of fused-ring (bicyclic) bond motifs is 2. The number of rotatable bonds is 3. The van der Waals surface area contributed by atoms with Gasteiger partial charge < -0.3 is 10.1 Å². The topological polar surface area (TPSA) is 74.0 Å². The highest BCUT2D eigenvalue weighted by Gasteiger charge is 2.26. The van der Waals surface area contributed by atoms with Crippen LogP contribution in [0.2, 0.25) is 0 Å². The van der Waals surface area contributed by atoms with Crippen LogP contribution in [0.4, 0.5) is 5.95 Å². The molecule has 0 spiro atoms. The molecule has 27 heavy (non-hydrogen) atoms. The molecule has 3 heterocycles. The molecule has 7 heteroatoms. The van der Waals surface area contributed by atoms with Crippen LogP contribution >= 0.6 is 0 Å². The average molecular weight is 365 g/mol. The van der Waals surface area contributed by atoms with Crippen LogP contribution in [0.15, 0.2) is 35.3 Å². The van der Waals surface area contributed by atoms with Crippen molar-refractivity contribution in [2.75, 3.05) is 12.4 Å². The molecular formula is C20H23N5O2. The Labute approximate surface area is 157 Å². The summed E-state index contributed by atoms with van der Waals surface area (Å²) in [5, 5.41) is 8.59. The number of aromatic nitrogens is 4. The molecule has 1 saturated carbocycles. The van der Waals surface area contributed by atoms with Gasteiger partial charge in [0, 0.05) is 6.54 Å². The maximum Gasteiger partial charge on any atom is 0.266 e. The van der Waals surface area contributed by atoms with Crippen LogP contribution in [0.25, 0.3) is 11.0 Å². The van der Waals surface area contributed by atoms with Gasteiger partial charge in [-0.25, -0.2) is 4.68 Å². The highest BCUT2D eigenvalue weighted by atomic mass is 16.5. The largest absolute Gasteiger partial charge is 0.497 e. The van der Waals surface area contributed by atoms with Crippen molar-refractivity contribution in [3.8, 4) is 5.75 Å². The number of nitrogens with zero attached hydrogens (tertiary/aromatic N) is 4. The Hall–Kier alpha value is -2.83. The lowest BCUT2D eigenvalue weighted by atomic mass is 10.0. The van der Waals surface area contributed by atoms with E-state index in [2.05, 4.69) is 22.5 Å². The van der Waals surface area contributed by atoms with Crippen molar-refractivity contribution in [3.05, 3.63) is 46.4 Å². The van der Waals surface area contributed by atoms with E-state index in [9.17, 15) is 4.79 Å². The van der Waals surface area contributed by atoms with Crippen molar-refractivity contribution in [1.29, 1.82) is 0 Å². The van der Waals surface area contributed by atoms with Gasteiger partial charge in [-0.2, -0.15) is 10.1 Å². The van der Waals surface area contributed by atoms with E-state index in [1.54, 1.807) is 17.9 Å². The Morgan fingerprint density at radius 2 is 1.93 bits per heavy atom. The minimum atomic E-state index is -0.0000668. The Balaban J connectivity index is 1.52. The summed E-state index contributed by atoms with van der Waals surface area (Å²) in [5.41, 5.74) is 1.88. The predicted molar refractivity (Wildman–Crippen MR) is 103 cm³/mol. The molecule has 7 nitrogen and oxygen atoms in total. The third-order valence-electron chi connectivity index (χ3n) is 5.85. The monoisotopic (exact) mass is 365 g/mol. The van der Waals surface area contributed by atoms with Crippen LogP contribution < -0.4 is 15.6 Å². The molecule has 5 rings (SSSR count). The first-order valence-corrected chi connectivity index (χ1v) is 9.63. The zero-order valence-corrected chi connectivity index (χ0v) is 15.4. The lowest BCUT2D eigenvalue weighted by Crippen LogP contribution is -2.32. The highest BCUT2D eigenvalue weighted by Crippen LogP contribution is 2.32. The molecule has 1 unspecified atom stereocenters. The molecule has 0 bridgehead atoms. The van der Waals surface area contributed by atoms with Crippen LogP contribution in [0.5, 0.6) is 5.75 Å². The first-order valence-electron chi connectivity index (χ1n) is 9.63. The molecule has 0 amide bonds. The van der Waals surface area contributed by atoms with E-state index < -0.39 is 0 Å². The quantitative estimate of drug-likeness (QED) is 0.771. The van der Waals surface area contributed by atoms with Crippen molar-refractivity contribution < 1.29 is 4.74 Å². The fourth-order valence-electron chi connectivity index (χ4n) is 4.33. The smallest absolute Gasteiger partial charge is 0.266 e. The number of hydrogen-bond donors (Lipinski definition) is 1. The summed E-state index contributed by atoms with van der Waals surface area (Å²) in [6, 6.07) is 8.54. The third kappa shape index (κ3) is 2.69. The van der Waals surface area contributed by atoms with Gasteiger partial charge in [-0.15, -0.1) is 0 Å². The van der Waals surface area contributed by atoms with Gasteiger partial charge in [0.15, 0.2) is 5.65 Å². The normalized spacial score (nSPS) is 19.8. The van der Waals surface area contributed by atoms with Crippen LogP contribution in [-0.2, 0) is 6.54 Å². The van der Waals surface area contributed by atoms with Crippen LogP contribution in [0.1, 0.15) is 49.8 Å². The summed E-state index contributed by atoms with van der Waals surface area (Å²) in [4.78, 5) is 17.8. The van der Waals surface area contributed by atoms with Gasteiger partial charge >= 0.3 is 0 Å². The second-order valence-electron chi connectivity index (χ2n) is 7.42. The highest BCUT2D eigenvalue weighted by molar-refractivity contribution is 5.75. The molecular weight excluding hydrogens is 342 g/mol. The number of anilines is 1. The molecule has 2 aliphatic rings. The Morgan fingerprint density at radius 3 is 2.67 bits per heavy atom. The molecule has 3 aromatic rings. The first kappa shape index (κ1) is 16.4. The Kier molecular flexibility index (Phi) is 3.88. The van der Waals surface area contributed by atoms with E-state index >= 15 is 0 Å². The number of ether oxygens (including phenoxy) is 1. The van der Waals surface area contributed by atoms with Gasteiger partial charge in [0.2, 0.25) is 5.95 Å². The molecule has 1 N–H and O–H groups in total. The number of methoxy groups -OCH3 is 1. The van der Waals surface area contributed by atoms with Crippen molar-refractivity contribution >= 4 is 17.0 Å². The summed E-state index contributed by atoms with van der Waals surface area (Å²) in [5.74, 6) is 1.48. The molecule has 1 fully saturated rings. The summed E-state index contributed by atoms with van der Waals surface area (Å²) in [6.07, 6.45) is 7.17. The van der Waals surface area contributed by atoms with E-state index in [0.717, 1.165) is 25.0 Å². The molecule has 0 saturated heterocycles. The maximum atomic E-state index is 12.9. The van der Waals surface area contributed by atoms with Crippen LogP contribution in [0, 0.1) is 0 Å². The fraction of sp³-hybridized carbons (Fsp3) is 0.450. The van der Waals surface area contributed by atoms with Crippen molar-refractivity contribution in [2.24, 2.45) is 0 Å². The van der Waals surface area contributed by atoms with Crippen molar-refractivity contribution in [3.63, 3.8) is 0 Å². The van der Waals surface area contributed by atoms with E-state index in [1.165, 1.54) is 18.4 Å². The molecule has 1 aliphatic heterocycles. The molecule has 1 atom stereocenters. The Morgan fingerprint density at radius 1 is 1.15 bits per heavy atom. The third-order valence-corrected chi connectivity index (χ3v) is 5.85. The van der Waals surface area contributed by atoms with Gasteiger partial charge in [0.1, 0.15) is 11.1 Å². The van der Waals surface area contributed by atoms with Gasteiger partial charge in [-0.05, 0) is 37.0 Å². The van der Waals surface area contributed by atoms with Gasteiger partial charge in [0.05, 0.1) is 25.4 Å². The second kappa shape index (κ2) is 6.40. The zero-order valence-electron chi connectivity index (χ0n) is 15.4. The van der Waals surface area contributed by atoms with Crippen molar-refractivity contribution in [1.82, 2.24) is 19.3 Å². The minimum Gasteiger partial charge on any atom is -0.497 e. The standard InChI is InChI=1S/C20H23N5O2/c1-27-15-8-6-13(7-9-15)17-10-11-24-19(26)16-12-21-25(14-4-2-3-5-14)18(16)23-20(24)22-17/h6-9,12,14,17H,2-5,10-11H2,1H3,(H,22,23). The summed E-state index contributed by atoms with van der Waals surface area (Å²) in [6.45, 7) is 0.648. The van der Waals surface area contributed by atoms with E-state index in [-0.39, 0.29) is 11.6 Å². The summed E-state index contributed by atoms with van der Waals surface area (Å²) >= 11 is 0.